The van der Waals surface area contributed by atoms with Gasteiger partial charge in [-0.3, -0.25) is 4.79 Å². The number of nitrogens with zero attached hydrogens (tertiary/aromatic N) is 3. The number of benzene rings is 1. The maximum atomic E-state index is 11.9. The molecule has 1 atom stereocenters. The first-order valence-electron chi connectivity index (χ1n) is 7.09. The zero-order chi connectivity index (χ0) is 17.4. The van der Waals surface area contributed by atoms with E-state index in [4.69, 9.17) is 20.0 Å². The summed E-state index contributed by atoms with van der Waals surface area (Å²) in [4.78, 5) is 13.3. The summed E-state index contributed by atoms with van der Waals surface area (Å²) < 4.78 is 11.2. The highest BCUT2D eigenvalue weighted by atomic mass is 16.5. The Morgan fingerprint density at radius 2 is 1.96 bits per heavy atom. The third kappa shape index (κ3) is 5.05. The van der Waals surface area contributed by atoms with Crippen molar-refractivity contribution in [1.82, 2.24) is 4.90 Å². The van der Waals surface area contributed by atoms with E-state index in [0.717, 1.165) is 0 Å². The number of likely N-dealkylation sites (N-methyl/N-ethyl adjacent to an activating group) is 1. The van der Waals surface area contributed by atoms with E-state index in [-0.39, 0.29) is 11.5 Å². The van der Waals surface area contributed by atoms with E-state index >= 15 is 0 Å². The van der Waals surface area contributed by atoms with E-state index in [1.165, 1.54) is 11.0 Å². The molecule has 1 rings (SSSR count). The molecule has 0 bridgehead atoms. The highest BCUT2D eigenvalue weighted by Crippen LogP contribution is 2.30. The number of amides is 1. The van der Waals surface area contributed by atoms with Crippen LogP contribution in [0.15, 0.2) is 23.8 Å². The molecule has 0 saturated carbocycles. The largest absolute Gasteiger partial charge is 0.490 e. The maximum absolute atomic E-state index is 11.9. The second kappa shape index (κ2) is 8.45. The Kier molecular flexibility index (Phi) is 6.64. The topological polar surface area (TPSA) is 86.3 Å². The molecular formula is C17H19N3O3. The van der Waals surface area contributed by atoms with Crippen molar-refractivity contribution in [3.05, 3.63) is 29.3 Å². The van der Waals surface area contributed by atoms with Crippen LogP contribution in [0.4, 0.5) is 0 Å². The molecular weight excluding hydrogens is 294 g/mol. The Bertz CT molecular complexity index is 665. The second-order valence-electron chi connectivity index (χ2n) is 4.91. The molecule has 6 heteroatoms. The van der Waals surface area contributed by atoms with Crippen LogP contribution in [0.1, 0.15) is 19.4 Å². The lowest BCUT2D eigenvalue weighted by molar-refractivity contribution is -0.135. The minimum absolute atomic E-state index is 0.00253. The lowest BCUT2D eigenvalue weighted by Gasteiger charge is -2.20. The van der Waals surface area contributed by atoms with Crippen molar-refractivity contribution in [1.29, 1.82) is 10.5 Å². The molecule has 0 aliphatic heterocycles. The second-order valence-corrected chi connectivity index (χ2v) is 4.91. The van der Waals surface area contributed by atoms with Crippen LogP contribution in [0.5, 0.6) is 11.5 Å². The van der Waals surface area contributed by atoms with Gasteiger partial charge in [0.25, 0.3) is 5.91 Å². The number of ether oxygens (including phenoxy) is 2. The molecule has 0 aliphatic carbocycles. The summed E-state index contributed by atoms with van der Waals surface area (Å²) in [6.07, 6.45) is 0.806. The molecule has 0 fully saturated rings. The van der Waals surface area contributed by atoms with Crippen molar-refractivity contribution in [2.45, 2.75) is 20.0 Å². The van der Waals surface area contributed by atoms with E-state index in [9.17, 15) is 4.79 Å². The Morgan fingerprint density at radius 3 is 2.48 bits per heavy atom. The van der Waals surface area contributed by atoms with Gasteiger partial charge < -0.3 is 14.4 Å². The van der Waals surface area contributed by atoms with Gasteiger partial charge >= 0.3 is 0 Å². The van der Waals surface area contributed by atoms with Gasteiger partial charge in [-0.2, -0.15) is 10.5 Å². The number of nitriles is 2. The fourth-order valence-electron chi connectivity index (χ4n) is 1.84. The summed E-state index contributed by atoms with van der Waals surface area (Å²) in [7, 11) is 3.32. The van der Waals surface area contributed by atoms with Crippen LogP contribution < -0.4 is 9.47 Å². The number of allylic oxidation sites excluding steroid dienone is 1. The molecule has 6 nitrogen and oxygen atoms in total. The van der Waals surface area contributed by atoms with Gasteiger partial charge in [-0.1, -0.05) is 6.07 Å². The van der Waals surface area contributed by atoms with Gasteiger partial charge in [0.1, 0.15) is 17.7 Å². The van der Waals surface area contributed by atoms with Gasteiger partial charge in [0.15, 0.2) is 17.6 Å². The highest BCUT2D eigenvalue weighted by molar-refractivity contribution is 5.80. The summed E-state index contributed by atoms with van der Waals surface area (Å²) >= 11 is 0. The number of hydrogen-bond donors (Lipinski definition) is 0. The van der Waals surface area contributed by atoms with E-state index < -0.39 is 6.10 Å². The molecule has 0 aliphatic rings. The Hall–Kier alpha value is -2.99. The summed E-state index contributed by atoms with van der Waals surface area (Å²) in [6, 6.07) is 8.62. The van der Waals surface area contributed by atoms with Crippen LogP contribution in [-0.4, -0.2) is 37.6 Å². The first-order chi connectivity index (χ1) is 10.9. The number of rotatable bonds is 6. The predicted molar refractivity (Wildman–Crippen MR) is 85.6 cm³/mol. The van der Waals surface area contributed by atoms with Crippen molar-refractivity contribution in [2.75, 3.05) is 20.7 Å². The lowest BCUT2D eigenvalue weighted by Crippen LogP contribution is -2.35. The molecule has 0 spiro atoms. The molecule has 23 heavy (non-hydrogen) atoms. The summed E-state index contributed by atoms with van der Waals surface area (Å²) in [5, 5.41) is 17.6. The third-order valence-corrected chi connectivity index (χ3v) is 2.91. The monoisotopic (exact) mass is 313 g/mol. The Balaban J connectivity index is 3.11. The molecule has 0 unspecified atom stereocenters. The van der Waals surface area contributed by atoms with E-state index in [2.05, 4.69) is 0 Å². The fraction of sp³-hybridized carbons (Fsp3) is 0.353. The average Bonchev–Trinajstić information content (AvgIpc) is 2.54. The minimum atomic E-state index is -0.653. The molecule has 0 N–H and O–H groups in total. The van der Waals surface area contributed by atoms with Crippen molar-refractivity contribution >= 4 is 12.0 Å². The van der Waals surface area contributed by atoms with Gasteiger partial charge in [0, 0.05) is 14.1 Å². The zero-order valence-electron chi connectivity index (χ0n) is 13.7. The van der Waals surface area contributed by atoms with Gasteiger partial charge in [-0.05, 0) is 37.6 Å². The van der Waals surface area contributed by atoms with Gasteiger partial charge in [0.05, 0.1) is 6.61 Å². The van der Waals surface area contributed by atoms with E-state index in [1.54, 1.807) is 51.4 Å². The summed E-state index contributed by atoms with van der Waals surface area (Å²) in [5.74, 6) is 0.727. The SMILES string of the molecule is CCOc1cc(C=C(C#N)C#N)ccc1O[C@@H](C)C(=O)N(C)C. The fourth-order valence-corrected chi connectivity index (χ4v) is 1.84. The number of hydrogen-bond acceptors (Lipinski definition) is 5. The maximum Gasteiger partial charge on any atom is 0.262 e. The van der Waals surface area contributed by atoms with Crippen LogP contribution in [0.2, 0.25) is 0 Å². The molecule has 0 radical (unpaired) electrons. The molecule has 120 valence electrons. The van der Waals surface area contributed by atoms with Gasteiger partial charge in [-0.25, -0.2) is 0 Å². The van der Waals surface area contributed by atoms with Gasteiger partial charge in [-0.15, -0.1) is 0 Å². The number of carbonyl (C=O) groups is 1. The van der Waals surface area contributed by atoms with E-state index in [1.807, 2.05) is 6.92 Å². The van der Waals surface area contributed by atoms with Crippen LogP contribution in [0, 0.1) is 22.7 Å². The summed E-state index contributed by atoms with van der Waals surface area (Å²) in [5.41, 5.74) is 0.641. The smallest absolute Gasteiger partial charge is 0.262 e. The first kappa shape index (κ1) is 18.1. The van der Waals surface area contributed by atoms with Crippen LogP contribution >= 0.6 is 0 Å². The van der Waals surface area contributed by atoms with Gasteiger partial charge in [0.2, 0.25) is 0 Å². The Morgan fingerprint density at radius 1 is 1.30 bits per heavy atom. The summed E-state index contributed by atoms with van der Waals surface area (Å²) in [6.45, 7) is 3.91. The van der Waals surface area contributed by atoms with Crippen LogP contribution in [-0.2, 0) is 4.79 Å². The molecule has 1 aromatic rings. The van der Waals surface area contributed by atoms with Crippen molar-refractivity contribution in [3.63, 3.8) is 0 Å². The van der Waals surface area contributed by atoms with Crippen molar-refractivity contribution in [3.8, 4) is 23.6 Å². The minimum Gasteiger partial charge on any atom is -0.490 e. The molecule has 1 aromatic carbocycles. The predicted octanol–water partition coefficient (Wildman–Crippen LogP) is 2.37. The van der Waals surface area contributed by atoms with E-state index in [0.29, 0.717) is 23.7 Å². The average molecular weight is 313 g/mol. The quantitative estimate of drug-likeness (QED) is 0.752. The standard InChI is InChI=1S/C17H19N3O3/c1-5-22-16-9-13(8-14(10-18)11-19)6-7-15(16)23-12(2)17(21)20(3)4/h6-9,12H,5H2,1-4H3/t12-/m0/s1. The third-order valence-electron chi connectivity index (χ3n) is 2.91. The molecule has 0 saturated heterocycles. The molecule has 0 heterocycles. The van der Waals surface area contributed by atoms with Crippen LogP contribution in [0.25, 0.3) is 6.08 Å². The molecule has 0 aromatic heterocycles. The first-order valence-corrected chi connectivity index (χ1v) is 7.09. The number of carbonyl (C=O) groups excluding carboxylic acids is 1. The van der Waals surface area contributed by atoms with Crippen LogP contribution in [0.3, 0.4) is 0 Å². The van der Waals surface area contributed by atoms with Crippen molar-refractivity contribution < 1.29 is 14.3 Å². The Labute approximate surface area is 136 Å². The normalized spacial score (nSPS) is 10.7. The highest BCUT2D eigenvalue weighted by Gasteiger charge is 2.18. The van der Waals surface area contributed by atoms with Crippen molar-refractivity contribution in [2.24, 2.45) is 0 Å². The lowest BCUT2D eigenvalue weighted by atomic mass is 10.1. The zero-order valence-corrected chi connectivity index (χ0v) is 13.7. The molecule has 1 amide bonds.